The highest BCUT2D eigenvalue weighted by atomic mass is 32.1. The molecule has 18 heavy (non-hydrogen) atoms. The Kier molecular flexibility index (Phi) is 2.56. The lowest BCUT2D eigenvalue weighted by molar-refractivity contribution is 0.850. The summed E-state index contributed by atoms with van der Waals surface area (Å²) in [5.74, 6) is 0.557. The number of fused-ring (bicyclic) bond motifs is 1. The van der Waals surface area contributed by atoms with Crippen LogP contribution in [-0.2, 0) is 6.54 Å². The van der Waals surface area contributed by atoms with Crippen molar-refractivity contribution in [3.05, 3.63) is 39.8 Å². The predicted octanol–water partition coefficient (Wildman–Crippen LogP) is 2.74. The van der Waals surface area contributed by atoms with Crippen LogP contribution >= 0.6 is 11.3 Å². The van der Waals surface area contributed by atoms with Crippen LogP contribution in [0.15, 0.2) is 24.4 Å². The third kappa shape index (κ3) is 1.86. The first-order valence-corrected chi connectivity index (χ1v) is 6.59. The summed E-state index contributed by atoms with van der Waals surface area (Å²) in [4.78, 5) is 9.84. The minimum Gasteiger partial charge on any atom is -0.369 e. The van der Waals surface area contributed by atoms with E-state index < -0.39 is 0 Å². The number of hydrogen-bond donors (Lipinski definition) is 1. The highest BCUT2D eigenvalue weighted by Crippen LogP contribution is 2.22. The fourth-order valence-corrected chi connectivity index (χ4v) is 2.84. The van der Waals surface area contributed by atoms with Crippen LogP contribution in [0.4, 0.5) is 5.95 Å². The first kappa shape index (κ1) is 11.2. The zero-order valence-corrected chi connectivity index (χ0v) is 11.2. The molecule has 0 aliphatic rings. The molecule has 0 bridgehead atoms. The number of thiazole rings is 1. The highest BCUT2D eigenvalue weighted by molar-refractivity contribution is 7.11. The average Bonchev–Trinajstić information content (AvgIpc) is 2.86. The fourth-order valence-electron chi connectivity index (χ4n) is 2.05. The average molecular weight is 258 g/mol. The number of rotatable bonds is 2. The molecule has 0 saturated heterocycles. The molecule has 0 radical (unpaired) electrons. The Balaban J connectivity index is 2.10. The van der Waals surface area contributed by atoms with Crippen molar-refractivity contribution in [1.29, 1.82) is 0 Å². The quantitative estimate of drug-likeness (QED) is 0.769. The molecule has 0 spiro atoms. The van der Waals surface area contributed by atoms with Gasteiger partial charge >= 0.3 is 0 Å². The molecule has 0 aliphatic heterocycles. The van der Waals surface area contributed by atoms with Gasteiger partial charge in [0.05, 0.1) is 22.6 Å². The van der Waals surface area contributed by atoms with Crippen LogP contribution in [0.25, 0.3) is 11.0 Å². The Morgan fingerprint density at radius 1 is 1.33 bits per heavy atom. The van der Waals surface area contributed by atoms with Crippen LogP contribution in [0, 0.1) is 13.8 Å². The number of nitrogens with zero attached hydrogens (tertiary/aromatic N) is 3. The molecule has 5 heteroatoms. The van der Waals surface area contributed by atoms with Gasteiger partial charge < -0.3 is 10.3 Å². The maximum absolute atomic E-state index is 5.99. The molecule has 0 fully saturated rings. The molecule has 2 aromatic heterocycles. The first-order chi connectivity index (χ1) is 8.63. The van der Waals surface area contributed by atoms with Crippen LogP contribution in [-0.4, -0.2) is 14.5 Å². The van der Waals surface area contributed by atoms with Gasteiger partial charge in [0.1, 0.15) is 0 Å². The minimum absolute atomic E-state index is 0.557. The predicted molar refractivity (Wildman–Crippen MR) is 74.8 cm³/mol. The molecular formula is C13H14N4S. The van der Waals surface area contributed by atoms with E-state index >= 15 is 0 Å². The molecule has 1 aromatic carbocycles. The molecule has 0 unspecified atom stereocenters. The van der Waals surface area contributed by atoms with Gasteiger partial charge in [-0.2, -0.15) is 0 Å². The van der Waals surface area contributed by atoms with Crippen molar-refractivity contribution in [2.75, 3.05) is 5.73 Å². The second-order valence-electron chi connectivity index (χ2n) is 4.39. The first-order valence-electron chi connectivity index (χ1n) is 5.77. The van der Waals surface area contributed by atoms with Crippen molar-refractivity contribution in [2.24, 2.45) is 0 Å². The van der Waals surface area contributed by atoms with Crippen LogP contribution in [0.1, 0.15) is 15.4 Å². The Hall–Kier alpha value is -1.88. The summed E-state index contributed by atoms with van der Waals surface area (Å²) < 4.78 is 2.04. The summed E-state index contributed by atoms with van der Waals surface area (Å²) >= 11 is 1.69. The number of aryl methyl sites for hydroxylation is 2. The maximum atomic E-state index is 5.99. The van der Waals surface area contributed by atoms with Gasteiger partial charge in [-0.15, -0.1) is 11.3 Å². The zero-order chi connectivity index (χ0) is 12.7. The number of nitrogen functional groups attached to an aromatic ring is 1. The number of aromatic nitrogens is 3. The number of benzene rings is 1. The Bertz CT molecular complexity index is 711. The monoisotopic (exact) mass is 258 g/mol. The van der Waals surface area contributed by atoms with Crippen molar-refractivity contribution in [3.63, 3.8) is 0 Å². The van der Waals surface area contributed by atoms with Gasteiger partial charge in [0.15, 0.2) is 0 Å². The lowest BCUT2D eigenvalue weighted by Gasteiger charge is -2.04. The van der Waals surface area contributed by atoms with E-state index in [1.807, 2.05) is 23.8 Å². The number of hydrogen-bond acceptors (Lipinski definition) is 4. The van der Waals surface area contributed by atoms with Gasteiger partial charge in [-0.25, -0.2) is 9.97 Å². The molecular weight excluding hydrogens is 244 g/mol. The summed E-state index contributed by atoms with van der Waals surface area (Å²) in [5, 5.41) is 1.07. The van der Waals surface area contributed by atoms with E-state index in [0.29, 0.717) is 5.95 Å². The van der Waals surface area contributed by atoms with Crippen molar-refractivity contribution in [2.45, 2.75) is 20.4 Å². The molecule has 3 rings (SSSR count). The molecule has 2 N–H and O–H groups in total. The zero-order valence-electron chi connectivity index (χ0n) is 10.3. The van der Waals surface area contributed by atoms with Gasteiger partial charge in [-0.3, -0.25) is 0 Å². The van der Waals surface area contributed by atoms with E-state index in [9.17, 15) is 0 Å². The third-order valence-electron chi connectivity index (χ3n) is 2.92. The van der Waals surface area contributed by atoms with Crippen LogP contribution in [0.5, 0.6) is 0 Å². The highest BCUT2D eigenvalue weighted by Gasteiger charge is 2.09. The van der Waals surface area contributed by atoms with Crippen molar-refractivity contribution in [3.8, 4) is 0 Å². The van der Waals surface area contributed by atoms with Gasteiger partial charge in [-0.1, -0.05) is 6.07 Å². The second-order valence-corrected chi connectivity index (χ2v) is 5.71. The summed E-state index contributed by atoms with van der Waals surface area (Å²) in [6, 6.07) is 6.18. The number of imidazole rings is 1. The van der Waals surface area contributed by atoms with E-state index in [1.165, 1.54) is 10.4 Å². The summed E-state index contributed by atoms with van der Waals surface area (Å²) in [5.41, 5.74) is 9.23. The summed E-state index contributed by atoms with van der Waals surface area (Å²) in [6.07, 6.45) is 1.90. The molecule has 0 aliphatic carbocycles. The molecule has 0 saturated carbocycles. The van der Waals surface area contributed by atoms with Gasteiger partial charge in [0.2, 0.25) is 5.95 Å². The third-order valence-corrected chi connectivity index (χ3v) is 3.81. The lowest BCUT2D eigenvalue weighted by Crippen LogP contribution is -2.03. The maximum Gasteiger partial charge on any atom is 0.201 e. The van der Waals surface area contributed by atoms with Crippen LogP contribution in [0.2, 0.25) is 0 Å². The Labute approximate surface area is 109 Å². The van der Waals surface area contributed by atoms with E-state index in [4.69, 9.17) is 5.73 Å². The van der Waals surface area contributed by atoms with Crippen molar-refractivity contribution >= 4 is 28.3 Å². The summed E-state index contributed by atoms with van der Waals surface area (Å²) in [7, 11) is 0. The van der Waals surface area contributed by atoms with E-state index in [1.54, 1.807) is 11.3 Å². The van der Waals surface area contributed by atoms with Gasteiger partial charge in [-0.05, 0) is 31.5 Å². The molecule has 0 amide bonds. The second kappa shape index (κ2) is 4.10. The molecule has 4 nitrogen and oxygen atoms in total. The molecule has 3 aromatic rings. The number of anilines is 1. The fraction of sp³-hybridized carbons (Fsp3) is 0.231. The van der Waals surface area contributed by atoms with Crippen molar-refractivity contribution < 1.29 is 0 Å². The molecule has 0 atom stereocenters. The van der Waals surface area contributed by atoms with Crippen LogP contribution in [0.3, 0.4) is 0 Å². The van der Waals surface area contributed by atoms with Gasteiger partial charge in [0, 0.05) is 11.1 Å². The summed E-state index contributed by atoms with van der Waals surface area (Å²) in [6.45, 7) is 4.81. The van der Waals surface area contributed by atoms with Crippen molar-refractivity contribution in [1.82, 2.24) is 14.5 Å². The SMILES string of the molecule is Cc1ccc2nc(N)n(Cc3cnc(C)s3)c2c1. The minimum atomic E-state index is 0.557. The van der Waals surface area contributed by atoms with Gasteiger partial charge in [0.25, 0.3) is 0 Å². The lowest BCUT2D eigenvalue weighted by atomic mass is 10.2. The molecule has 92 valence electrons. The number of nitrogens with two attached hydrogens (primary N) is 1. The van der Waals surface area contributed by atoms with Crippen LogP contribution < -0.4 is 5.73 Å². The smallest absolute Gasteiger partial charge is 0.201 e. The Morgan fingerprint density at radius 2 is 2.17 bits per heavy atom. The Morgan fingerprint density at radius 3 is 2.89 bits per heavy atom. The largest absolute Gasteiger partial charge is 0.369 e. The normalized spacial score (nSPS) is 11.2. The topological polar surface area (TPSA) is 56.7 Å². The molecule has 2 heterocycles. The van der Waals surface area contributed by atoms with E-state index in [-0.39, 0.29) is 0 Å². The standard InChI is InChI=1S/C13H14N4S/c1-8-3-4-11-12(5-8)17(13(14)16-11)7-10-6-15-9(2)18-10/h3-6H,7H2,1-2H3,(H2,14,16). The van der Waals surface area contributed by atoms with E-state index in [2.05, 4.69) is 29.0 Å². The van der Waals surface area contributed by atoms with E-state index in [0.717, 1.165) is 22.6 Å².